The molecule has 1 atom stereocenters. The fourth-order valence-corrected chi connectivity index (χ4v) is 2.07. The van der Waals surface area contributed by atoms with Gasteiger partial charge in [-0.05, 0) is 18.2 Å². The number of benzene rings is 1. The molecule has 1 aliphatic rings. The molecule has 1 fully saturated rings. The van der Waals surface area contributed by atoms with E-state index in [0.717, 1.165) is 0 Å². The molecule has 0 bridgehead atoms. The number of carbonyl (C=O) groups is 2. The van der Waals surface area contributed by atoms with Crippen molar-refractivity contribution >= 4 is 17.6 Å². The summed E-state index contributed by atoms with van der Waals surface area (Å²) in [6.45, 7) is 0.194. The summed E-state index contributed by atoms with van der Waals surface area (Å²) >= 11 is 0. The second kappa shape index (κ2) is 5.27. The van der Waals surface area contributed by atoms with Gasteiger partial charge in [-0.3, -0.25) is 4.79 Å². The Morgan fingerprint density at radius 2 is 2.16 bits per heavy atom. The number of anilines is 1. The van der Waals surface area contributed by atoms with Crippen LogP contribution in [0.25, 0.3) is 0 Å². The van der Waals surface area contributed by atoms with E-state index in [9.17, 15) is 14.7 Å². The number of nitrogens with zero attached hydrogens (tertiary/aromatic N) is 1. The van der Waals surface area contributed by atoms with Crippen LogP contribution in [-0.4, -0.2) is 43.9 Å². The van der Waals surface area contributed by atoms with Crippen LogP contribution in [0.1, 0.15) is 16.8 Å². The number of aliphatic hydroxyl groups is 1. The fourth-order valence-electron chi connectivity index (χ4n) is 2.07. The molecule has 1 N–H and O–H groups in total. The van der Waals surface area contributed by atoms with Crippen molar-refractivity contribution in [3.63, 3.8) is 0 Å². The van der Waals surface area contributed by atoms with E-state index in [0.29, 0.717) is 17.0 Å². The lowest BCUT2D eigenvalue weighted by atomic mass is 10.1. The second-order valence-corrected chi connectivity index (χ2v) is 4.24. The van der Waals surface area contributed by atoms with Crippen LogP contribution in [-0.2, 0) is 9.53 Å². The molecule has 6 nitrogen and oxygen atoms in total. The van der Waals surface area contributed by atoms with Gasteiger partial charge in [-0.15, -0.1) is 0 Å². The van der Waals surface area contributed by atoms with Crippen molar-refractivity contribution in [2.24, 2.45) is 0 Å². The molecule has 1 unspecified atom stereocenters. The number of aliphatic hydroxyl groups excluding tert-OH is 1. The van der Waals surface area contributed by atoms with E-state index in [4.69, 9.17) is 4.74 Å². The lowest BCUT2D eigenvalue weighted by molar-refractivity contribution is -0.117. The van der Waals surface area contributed by atoms with Crippen LogP contribution >= 0.6 is 0 Å². The van der Waals surface area contributed by atoms with Crippen molar-refractivity contribution in [2.75, 3.05) is 25.7 Å². The highest BCUT2D eigenvalue weighted by molar-refractivity contribution is 5.99. The minimum Gasteiger partial charge on any atom is -0.495 e. The third-order valence-electron chi connectivity index (χ3n) is 3.00. The maximum atomic E-state index is 11.8. The van der Waals surface area contributed by atoms with E-state index in [2.05, 4.69) is 4.74 Å². The molecule has 0 spiro atoms. The zero-order valence-electron chi connectivity index (χ0n) is 10.8. The lowest BCUT2D eigenvalue weighted by Crippen LogP contribution is -2.26. The van der Waals surface area contributed by atoms with Crippen LogP contribution in [0.15, 0.2) is 18.2 Å². The van der Waals surface area contributed by atoms with Gasteiger partial charge in [0.15, 0.2) is 0 Å². The number of β-amino-alcohol motifs (C(OH)–C–C–N with tert-alkyl or cyclic N) is 1. The Balaban J connectivity index is 2.42. The van der Waals surface area contributed by atoms with E-state index < -0.39 is 12.1 Å². The zero-order valence-corrected chi connectivity index (χ0v) is 10.8. The van der Waals surface area contributed by atoms with Gasteiger partial charge in [0.1, 0.15) is 5.75 Å². The topological polar surface area (TPSA) is 76.1 Å². The Kier molecular flexibility index (Phi) is 3.71. The van der Waals surface area contributed by atoms with Crippen molar-refractivity contribution in [3.8, 4) is 5.75 Å². The molecule has 0 saturated carbocycles. The van der Waals surface area contributed by atoms with Crippen molar-refractivity contribution in [3.05, 3.63) is 23.8 Å². The summed E-state index contributed by atoms with van der Waals surface area (Å²) in [5.74, 6) is -0.223. The number of esters is 1. The Morgan fingerprint density at radius 1 is 1.42 bits per heavy atom. The van der Waals surface area contributed by atoms with E-state index >= 15 is 0 Å². The van der Waals surface area contributed by atoms with E-state index in [1.807, 2.05) is 0 Å². The first kappa shape index (κ1) is 13.4. The largest absolute Gasteiger partial charge is 0.495 e. The van der Waals surface area contributed by atoms with Crippen LogP contribution < -0.4 is 9.64 Å². The van der Waals surface area contributed by atoms with Gasteiger partial charge in [0.05, 0.1) is 44.5 Å². The van der Waals surface area contributed by atoms with Gasteiger partial charge in [0.2, 0.25) is 5.91 Å². The number of methoxy groups -OCH3 is 2. The first-order chi connectivity index (χ1) is 9.06. The predicted molar refractivity (Wildman–Crippen MR) is 67.3 cm³/mol. The predicted octanol–water partition coefficient (Wildman–Crippen LogP) is 0.579. The summed E-state index contributed by atoms with van der Waals surface area (Å²) in [4.78, 5) is 24.7. The molecule has 1 saturated heterocycles. The van der Waals surface area contributed by atoms with Crippen LogP contribution in [0.2, 0.25) is 0 Å². The van der Waals surface area contributed by atoms with Gasteiger partial charge < -0.3 is 19.5 Å². The molecule has 1 aromatic rings. The van der Waals surface area contributed by atoms with E-state index in [1.165, 1.54) is 25.2 Å². The highest BCUT2D eigenvalue weighted by Gasteiger charge is 2.31. The van der Waals surface area contributed by atoms with Crippen molar-refractivity contribution in [1.29, 1.82) is 0 Å². The highest BCUT2D eigenvalue weighted by atomic mass is 16.5. The van der Waals surface area contributed by atoms with Gasteiger partial charge in [-0.1, -0.05) is 0 Å². The molecule has 1 aromatic carbocycles. The summed E-state index contributed by atoms with van der Waals surface area (Å²) in [5, 5.41) is 9.52. The molecule has 102 valence electrons. The quantitative estimate of drug-likeness (QED) is 0.809. The Bertz CT molecular complexity index is 514. The lowest BCUT2D eigenvalue weighted by Gasteiger charge is -2.19. The Hall–Kier alpha value is -2.08. The summed E-state index contributed by atoms with van der Waals surface area (Å²) in [5.41, 5.74) is 0.791. The minimum absolute atomic E-state index is 0.0750. The van der Waals surface area contributed by atoms with Crippen molar-refractivity contribution in [2.45, 2.75) is 12.5 Å². The smallest absolute Gasteiger partial charge is 0.337 e. The molecule has 6 heteroatoms. The molecule has 2 rings (SSSR count). The van der Waals surface area contributed by atoms with Gasteiger partial charge in [0, 0.05) is 0 Å². The summed E-state index contributed by atoms with van der Waals surface area (Å²) < 4.78 is 9.82. The normalized spacial score (nSPS) is 18.6. The molecule has 0 radical (unpaired) electrons. The molecule has 1 amide bonds. The van der Waals surface area contributed by atoms with Gasteiger partial charge >= 0.3 is 5.97 Å². The molecule has 1 heterocycles. The summed E-state index contributed by atoms with van der Waals surface area (Å²) in [7, 11) is 2.77. The number of hydrogen-bond donors (Lipinski definition) is 1. The highest BCUT2D eigenvalue weighted by Crippen LogP contribution is 2.32. The van der Waals surface area contributed by atoms with Gasteiger partial charge in [-0.25, -0.2) is 4.79 Å². The minimum atomic E-state index is -0.695. The first-order valence-electron chi connectivity index (χ1n) is 5.81. The average Bonchev–Trinajstić information content (AvgIpc) is 2.76. The molecule has 1 aliphatic heterocycles. The third-order valence-corrected chi connectivity index (χ3v) is 3.00. The van der Waals surface area contributed by atoms with Crippen molar-refractivity contribution in [1.82, 2.24) is 0 Å². The average molecular weight is 265 g/mol. The monoisotopic (exact) mass is 265 g/mol. The second-order valence-electron chi connectivity index (χ2n) is 4.24. The number of hydrogen-bond acceptors (Lipinski definition) is 5. The first-order valence-corrected chi connectivity index (χ1v) is 5.81. The number of carbonyl (C=O) groups excluding carboxylic acids is 2. The maximum absolute atomic E-state index is 11.8. The van der Waals surface area contributed by atoms with Gasteiger partial charge in [0.25, 0.3) is 0 Å². The Labute approximate surface area is 110 Å². The SMILES string of the molecule is COC(=O)c1ccc(OC)c(N2CC(O)CC2=O)c1. The van der Waals surface area contributed by atoms with E-state index in [-0.39, 0.29) is 18.9 Å². The van der Waals surface area contributed by atoms with Crippen LogP contribution in [0.3, 0.4) is 0 Å². The van der Waals surface area contributed by atoms with Crippen LogP contribution in [0.4, 0.5) is 5.69 Å². The Morgan fingerprint density at radius 3 is 2.68 bits per heavy atom. The number of rotatable bonds is 3. The van der Waals surface area contributed by atoms with Crippen LogP contribution in [0, 0.1) is 0 Å². The zero-order chi connectivity index (χ0) is 14.0. The molecule has 19 heavy (non-hydrogen) atoms. The molecular formula is C13H15NO5. The standard InChI is InChI=1S/C13H15NO5/c1-18-11-4-3-8(13(17)19-2)5-10(11)14-7-9(15)6-12(14)16/h3-5,9,15H,6-7H2,1-2H3. The van der Waals surface area contributed by atoms with Crippen molar-refractivity contribution < 1.29 is 24.2 Å². The fraction of sp³-hybridized carbons (Fsp3) is 0.385. The van der Waals surface area contributed by atoms with Crippen LogP contribution in [0.5, 0.6) is 5.75 Å². The number of ether oxygens (including phenoxy) is 2. The summed E-state index contributed by atoms with van der Waals surface area (Å²) in [6, 6.07) is 4.69. The number of amides is 1. The molecule has 0 aromatic heterocycles. The third kappa shape index (κ3) is 2.53. The van der Waals surface area contributed by atoms with Gasteiger partial charge in [-0.2, -0.15) is 0 Å². The van der Waals surface area contributed by atoms with E-state index in [1.54, 1.807) is 12.1 Å². The maximum Gasteiger partial charge on any atom is 0.337 e. The molecular weight excluding hydrogens is 250 g/mol. The molecule has 0 aliphatic carbocycles. The summed E-state index contributed by atoms with van der Waals surface area (Å²) in [6.07, 6.45) is -0.620.